The third kappa shape index (κ3) is 3.62. The summed E-state index contributed by atoms with van der Waals surface area (Å²) in [6.07, 6.45) is 0.0467. The molecule has 132 valence electrons. The smallest absolute Gasteiger partial charge is 0.324 e. The first kappa shape index (κ1) is 16.9. The van der Waals surface area contributed by atoms with E-state index in [2.05, 4.69) is 5.32 Å². The zero-order valence-corrected chi connectivity index (χ0v) is 13.9. The van der Waals surface area contributed by atoms with E-state index in [1.807, 2.05) is 31.2 Å². The van der Waals surface area contributed by atoms with Gasteiger partial charge in [-0.15, -0.1) is 0 Å². The lowest BCUT2D eigenvalue weighted by Crippen LogP contribution is -2.38. The molecule has 2 aliphatic heterocycles. The summed E-state index contributed by atoms with van der Waals surface area (Å²) in [5, 5.41) is 2.50. The van der Waals surface area contributed by atoms with Crippen LogP contribution in [0.15, 0.2) is 24.3 Å². The zero-order valence-electron chi connectivity index (χ0n) is 13.9. The van der Waals surface area contributed by atoms with Gasteiger partial charge in [-0.05, 0) is 19.1 Å². The van der Waals surface area contributed by atoms with Gasteiger partial charge in [0.05, 0.1) is 5.92 Å². The molecule has 0 aliphatic carbocycles. The fourth-order valence-electron chi connectivity index (χ4n) is 2.88. The topological polar surface area (TPSA) is 96.0 Å². The molecular formula is C17H19N3O5. The van der Waals surface area contributed by atoms with Crippen LogP contribution in [0, 0.1) is 12.8 Å². The minimum absolute atomic E-state index is 0.0467. The van der Waals surface area contributed by atoms with E-state index in [0.717, 1.165) is 16.2 Å². The second-order valence-electron chi connectivity index (χ2n) is 6.13. The maximum absolute atomic E-state index is 12.2. The molecule has 2 aliphatic rings. The summed E-state index contributed by atoms with van der Waals surface area (Å²) in [4.78, 5) is 50.1. The Morgan fingerprint density at radius 2 is 1.96 bits per heavy atom. The minimum atomic E-state index is -0.617. The number of carbonyl (C=O) groups excluding carboxylic acids is 4. The molecule has 4 amide bonds. The van der Waals surface area contributed by atoms with Crippen molar-refractivity contribution in [1.29, 1.82) is 0 Å². The lowest BCUT2D eigenvalue weighted by atomic mass is 10.1. The number of benzene rings is 1. The van der Waals surface area contributed by atoms with E-state index in [1.54, 1.807) is 4.90 Å². The number of hydrogen-bond acceptors (Lipinski definition) is 5. The van der Waals surface area contributed by atoms with Gasteiger partial charge in [0.1, 0.15) is 0 Å². The summed E-state index contributed by atoms with van der Waals surface area (Å²) < 4.78 is 5.01. The van der Waals surface area contributed by atoms with Gasteiger partial charge >= 0.3 is 12.0 Å². The molecule has 1 atom stereocenters. The predicted octanol–water partition coefficient (Wildman–Crippen LogP) is 0.443. The number of anilines is 1. The molecule has 25 heavy (non-hydrogen) atoms. The molecule has 0 spiro atoms. The van der Waals surface area contributed by atoms with Crippen LogP contribution in [0.4, 0.5) is 10.5 Å². The lowest BCUT2D eigenvalue weighted by molar-refractivity contribution is -0.154. The summed E-state index contributed by atoms with van der Waals surface area (Å²) in [6.45, 7) is 2.33. The van der Waals surface area contributed by atoms with E-state index in [1.165, 1.54) is 0 Å². The van der Waals surface area contributed by atoms with E-state index in [0.29, 0.717) is 6.54 Å². The molecule has 1 N–H and O–H groups in total. The van der Waals surface area contributed by atoms with Crippen LogP contribution in [-0.4, -0.2) is 55.0 Å². The average Bonchev–Trinajstić information content (AvgIpc) is 3.19. The first-order valence-corrected chi connectivity index (χ1v) is 8.07. The first-order valence-electron chi connectivity index (χ1n) is 8.07. The van der Waals surface area contributed by atoms with Crippen LogP contribution in [0.2, 0.25) is 0 Å². The van der Waals surface area contributed by atoms with Crippen LogP contribution in [0.3, 0.4) is 0 Å². The second kappa shape index (κ2) is 6.92. The van der Waals surface area contributed by atoms with Crippen molar-refractivity contribution in [1.82, 2.24) is 10.2 Å². The number of rotatable bonds is 4. The van der Waals surface area contributed by atoms with E-state index < -0.39 is 30.4 Å². The van der Waals surface area contributed by atoms with Crippen molar-refractivity contribution in [2.45, 2.75) is 13.3 Å². The predicted molar refractivity (Wildman–Crippen MR) is 87.7 cm³/mol. The van der Waals surface area contributed by atoms with Gasteiger partial charge < -0.3 is 15.0 Å². The van der Waals surface area contributed by atoms with Gasteiger partial charge in [0, 0.05) is 31.7 Å². The Morgan fingerprint density at radius 1 is 1.24 bits per heavy atom. The van der Waals surface area contributed by atoms with Gasteiger partial charge in [0.25, 0.3) is 5.91 Å². The highest BCUT2D eigenvalue weighted by Gasteiger charge is 2.37. The maximum atomic E-state index is 12.2. The molecule has 8 nitrogen and oxygen atoms in total. The Labute approximate surface area is 144 Å². The van der Waals surface area contributed by atoms with Crippen LogP contribution in [0.1, 0.15) is 12.0 Å². The molecule has 0 aromatic heterocycles. The quantitative estimate of drug-likeness (QED) is 0.799. The molecular weight excluding hydrogens is 326 g/mol. The molecule has 1 aromatic rings. The van der Waals surface area contributed by atoms with Gasteiger partial charge in [0.2, 0.25) is 5.91 Å². The standard InChI is InChI=1S/C17H19N3O5/c1-11-2-4-13(5-3-11)20-9-12(8-14(20)21)16(23)25-10-15(22)19-7-6-18-17(19)24/h2-5,12H,6-10H2,1H3,(H,18,24)/t12-/m0/s1. The molecule has 3 rings (SSSR count). The van der Waals surface area contributed by atoms with Crippen LogP contribution in [0.5, 0.6) is 0 Å². The molecule has 2 saturated heterocycles. The van der Waals surface area contributed by atoms with Crippen LogP contribution < -0.4 is 10.2 Å². The molecule has 0 bridgehead atoms. The van der Waals surface area contributed by atoms with Gasteiger partial charge in [-0.3, -0.25) is 19.3 Å². The number of nitrogens with one attached hydrogen (secondary N) is 1. The summed E-state index contributed by atoms with van der Waals surface area (Å²) in [5.41, 5.74) is 1.81. The van der Waals surface area contributed by atoms with Crippen molar-refractivity contribution < 1.29 is 23.9 Å². The first-order chi connectivity index (χ1) is 12.0. The number of nitrogens with zero attached hydrogens (tertiary/aromatic N) is 2. The largest absolute Gasteiger partial charge is 0.455 e. The van der Waals surface area contributed by atoms with Crippen molar-refractivity contribution >= 4 is 29.5 Å². The SMILES string of the molecule is Cc1ccc(N2C[C@@H](C(=O)OCC(=O)N3CCNC3=O)CC2=O)cc1. The summed E-state index contributed by atoms with van der Waals surface area (Å²) in [5.74, 6) is -1.94. The Morgan fingerprint density at radius 3 is 2.60 bits per heavy atom. The minimum Gasteiger partial charge on any atom is -0.455 e. The summed E-state index contributed by atoms with van der Waals surface area (Å²) in [6, 6.07) is 6.97. The van der Waals surface area contributed by atoms with Crippen molar-refractivity contribution in [2.24, 2.45) is 5.92 Å². The lowest BCUT2D eigenvalue weighted by Gasteiger charge is -2.17. The number of ether oxygens (including phenoxy) is 1. The highest BCUT2D eigenvalue weighted by atomic mass is 16.5. The highest BCUT2D eigenvalue weighted by molar-refractivity contribution is 6.00. The average molecular weight is 345 g/mol. The van der Waals surface area contributed by atoms with Crippen LogP contribution in [0.25, 0.3) is 0 Å². The second-order valence-corrected chi connectivity index (χ2v) is 6.13. The molecule has 0 radical (unpaired) electrons. The van der Waals surface area contributed by atoms with Crippen LogP contribution >= 0.6 is 0 Å². The van der Waals surface area contributed by atoms with E-state index in [9.17, 15) is 19.2 Å². The van der Waals surface area contributed by atoms with Gasteiger partial charge in [-0.1, -0.05) is 17.7 Å². The third-order valence-corrected chi connectivity index (χ3v) is 4.30. The molecule has 2 heterocycles. The number of amides is 4. The molecule has 0 unspecified atom stereocenters. The van der Waals surface area contributed by atoms with Gasteiger partial charge in [-0.2, -0.15) is 0 Å². The third-order valence-electron chi connectivity index (χ3n) is 4.30. The fraction of sp³-hybridized carbons (Fsp3) is 0.412. The van der Waals surface area contributed by atoms with E-state index in [-0.39, 0.29) is 25.4 Å². The Kier molecular flexibility index (Phi) is 4.69. The zero-order chi connectivity index (χ0) is 18.0. The molecule has 8 heteroatoms. The van der Waals surface area contributed by atoms with Crippen molar-refractivity contribution in [3.8, 4) is 0 Å². The molecule has 1 aromatic carbocycles. The van der Waals surface area contributed by atoms with Crippen LogP contribution in [-0.2, 0) is 19.1 Å². The fourth-order valence-corrected chi connectivity index (χ4v) is 2.88. The Balaban J connectivity index is 1.55. The summed E-state index contributed by atoms with van der Waals surface area (Å²) in [7, 11) is 0. The monoisotopic (exact) mass is 345 g/mol. The van der Waals surface area contributed by atoms with Gasteiger partial charge in [0.15, 0.2) is 6.61 Å². The molecule has 2 fully saturated rings. The van der Waals surface area contributed by atoms with Crippen molar-refractivity contribution in [2.75, 3.05) is 31.1 Å². The van der Waals surface area contributed by atoms with E-state index >= 15 is 0 Å². The number of carbonyl (C=O) groups is 4. The van der Waals surface area contributed by atoms with E-state index in [4.69, 9.17) is 4.74 Å². The number of esters is 1. The van der Waals surface area contributed by atoms with Gasteiger partial charge in [-0.25, -0.2) is 4.79 Å². The number of urea groups is 1. The number of aryl methyl sites for hydroxylation is 1. The Hall–Kier alpha value is -2.90. The highest BCUT2D eigenvalue weighted by Crippen LogP contribution is 2.26. The normalized spacial score (nSPS) is 20.0. The number of hydrogen-bond donors (Lipinski definition) is 1. The van der Waals surface area contributed by atoms with Crippen molar-refractivity contribution in [3.05, 3.63) is 29.8 Å². The maximum Gasteiger partial charge on any atom is 0.324 e. The Bertz CT molecular complexity index is 715. The van der Waals surface area contributed by atoms with Crippen molar-refractivity contribution in [3.63, 3.8) is 0 Å². The molecule has 0 saturated carbocycles. The number of imide groups is 1. The summed E-state index contributed by atoms with van der Waals surface area (Å²) >= 11 is 0.